The fraction of sp³-hybridized carbons (Fsp3) is 0. The quantitative estimate of drug-likeness (QED) is 0.572. The SMILES string of the molecule is F.F.F.[Lu]. The standard InChI is InChI=1S/3FH.Lu/h3*1H;. The molecular weight excluding hydrogens is 232 g/mol. The van der Waals surface area contributed by atoms with Gasteiger partial charge in [-0.1, -0.05) is 0 Å². The molecule has 1 radical (unpaired) electrons. The van der Waals surface area contributed by atoms with E-state index in [4.69, 9.17) is 0 Å². The minimum atomic E-state index is 0. The second-order valence-electron chi connectivity index (χ2n) is 0. The number of halogens is 3. The van der Waals surface area contributed by atoms with Gasteiger partial charge >= 0.3 is 0 Å². The summed E-state index contributed by atoms with van der Waals surface area (Å²) in [5, 5.41) is 0. The number of hydrogen-bond donors (Lipinski definition) is 0. The smallest absolute Gasteiger partial charge is 0 e. The monoisotopic (exact) mass is 235 g/mol. The van der Waals surface area contributed by atoms with Crippen LogP contribution in [0.4, 0.5) is 14.1 Å². The van der Waals surface area contributed by atoms with Gasteiger partial charge in [0.15, 0.2) is 0 Å². The maximum absolute atomic E-state index is 0. The van der Waals surface area contributed by atoms with E-state index in [2.05, 4.69) is 0 Å². The minimum absolute atomic E-state index is 0. The second kappa shape index (κ2) is 35.1. The molecule has 0 aliphatic rings. The fourth-order valence-corrected chi connectivity index (χ4v) is 0. The van der Waals surface area contributed by atoms with Gasteiger partial charge in [0.1, 0.15) is 0 Å². The molecule has 0 saturated carbocycles. The molecule has 0 spiro atoms. The van der Waals surface area contributed by atoms with Crippen LogP contribution >= 0.6 is 0 Å². The first kappa shape index (κ1) is 77.6. The van der Waals surface area contributed by atoms with E-state index in [1.807, 2.05) is 0 Å². The zero-order chi connectivity index (χ0) is 0. The van der Waals surface area contributed by atoms with Gasteiger partial charge in [-0.3, -0.25) is 14.1 Å². The molecule has 0 fully saturated rings. The molecule has 0 aliphatic carbocycles. The first-order valence-electron chi connectivity index (χ1n) is 0. The van der Waals surface area contributed by atoms with Crippen LogP contribution in [0.5, 0.6) is 0 Å². The minimum Gasteiger partial charge on any atom is -0.269 e. The van der Waals surface area contributed by atoms with Crippen molar-refractivity contribution in [3.8, 4) is 0 Å². The third-order valence-electron chi connectivity index (χ3n) is 0. The summed E-state index contributed by atoms with van der Waals surface area (Å²) in [6.07, 6.45) is 0. The van der Waals surface area contributed by atoms with Crippen LogP contribution in [0.25, 0.3) is 0 Å². The van der Waals surface area contributed by atoms with E-state index < -0.39 is 0 Å². The van der Waals surface area contributed by atoms with Gasteiger partial charge in [0.05, 0.1) is 0 Å². The summed E-state index contributed by atoms with van der Waals surface area (Å²) in [6.45, 7) is 0. The van der Waals surface area contributed by atoms with Crippen LogP contribution in [0, 0.1) is 36.9 Å². The Balaban J connectivity index is 0. The molecule has 0 N–H and O–H groups in total. The predicted octanol–water partition coefficient (Wildman–Crippen LogP) is 0.458. The van der Waals surface area contributed by atoms with E-state index in [0.29, 0.717) is 0 Å². The summed E-state index contributed by atoms with van der Waals surface area (Å²) in [5.74, 6) is 0. The summed E-state index contributed by atoms with van der Waals surface area (Å²) >= 11 is 0. The van der Waals surface area contributed by atoms with Gasteiger partial charge in [0.25, 0.3) is 0 Å². The average Bonchev–Trinajstić information content (AvgIpc) is 0. The second-order valence-corrected chi connectivity index (χ2v) is 0. The van der Waals surface area contributed by atoms with Crippen molar-refractivity contribution in [2.45, 2.75) is 0 Å². The molecule has 0 amide bonds. The molecule has 4 heteroatoms. The molecular formula is H3F3Lu. The summed E-state index contributed by atoms with van der Waals surface area (Å²) in [6, 6.07) is 0. The van der Waals surface area contributed by atoms with Crippen LogP contribution in [0.2, 0.25) is 0 Å². The summed E-state index contributed by atoms with van der Waals surface area (Å²) in [7, 11) is 0. The molecule has 0 unspecified atom stereocenters. The normalized spacial score (nSPS) is 0. The van der Waals surface area contributed by atoms with Crippen LogP contribution in [0.15, 0.2) is 0 Å². The number of rotatable bonds is 0. The Morgan fingerprint density at radius 3 is 0.500 bits per heavy atom. The van der Waals surface area contributed by atoms with Crippen molar-refractivity contribution in [2.24, 2.45) is 0 Å². The van der Waals surface area contributed by atoms with Crippen molar-refractivity contribution in [3.63, 3.8) is 0 Å². The van der Waals surface area contributed by atoms with Gasteiger partial charge in [-0.15, -0.1) is 0 Å². The Kier molecular flexibility index (Phi) is 681. The third kappa shape index (κ3) is 11.8. The topological polar surface area (TPSA) is 0 Å². The first-order chi connectivity index (χ1) is 0. The van der Waals surface area contributed by atoms with Crippen LogP contribution in [0.3, 0.4) is 0 Å². The average molecular weight is 235 g/mol. The van der Waals surface area contributed by atoms with Crippen molar-refractivity contribution in [2.75, 3.05) is 0 Å². The maximum atomic E-state index is 0. The molecule has 0 aromatic rings. The van der Waals surface area contributed by atoms with Gasteiger partial charge < -0.3 is 0 Å². The first-order valence-corrected chi connectivity index (χ1v) is 0. The van der Waals surface area contributed by atoms with E-state index in [1.165, 1.54) is 0 Å². The van der Waals surface area contributed by atoms with Crippen LogP contribution < -0.4 is 0 Å². The summed E-state index contributed by atoms with van der Waals surface area (Å²) < 4.78 is 0. The van der Waals surface area contributed by atoms with Crippen molar-refractivity contribution in [3.05, 3.63) is 0 Å². The number of hydrogen-bond acceptors (Lipinski definition) is 0. The van der Waals surface area contributed by atoms with E-state index in [9.17, 15) is 0 Å². The van der Waals surface area contributed by atoms with Crippen molar-refractivity contribution in [1.82, 2.24) is 0 Å². The molecule has 0 aromatic heterocycles. The van der Waals surface area contributed by atoms with Crippen molar-refractivity contribution in [1.29, 1.82) is 0 Å². The summed E-state index contributed by atoms with van der Waals surface area (Å²) in [4.78, 5) is 0. The molecule has 0 bridgehead atoms. The van der Waals surface area contributed by atoms with E-state index >= 15 is 0 Å². The predicted molar refractivity (Wildman–Crippen MR) is 7.51 cm³/mol. The molecule has 39 valence electrons. The Bertz CT molecular complexity index is 3.25. The van der Waals surface area contributed by atoms with Gasteiger partial charge in [-0.25, -0.2) is 0 Å². The molecule has 0 nitrogen and oxygen atoms in total. The Morgan fingerprint density at radius 1 is 0.500 bits per heavy atom. The third-order valence-corrected chi connectivity index (χ3v) is 0. The Hall–Kier alpha value is 1.02. The van der Waals surface area contributed by atoms with Gasteiger partial charge in [-0.2, -0.15) is 0 Å². The molecule has 0 heterocycles. The molecule has 0 aliphatic heterocycles. The van der Waals surface area contributed by atoms with E-state index in [0.717, 1.165) is 0 Å². The molecule has 0 aromatic carbocycles. The van der Waals surface area contributed by atoms with Crippen LogP contribution in [0.1, 0.15) is 0 Å². The molecule has 4 heavy (non-hydrogen) atoms. The van der Waals surface area contributed by atoms with Gasteiger partial charge in [0, 0.05) is 36.9 Å². The van der Waals surface area contributed by atoms with Crippen molar-refractivity contribution < 1.29 is 51.0 Å². The van der Waals surface area contributed by atoms with E-state index in [1.54, 1.807) is 0 Å². The van der Waals surface area contributed by atoms with E-state index in [-0.39, 0.29) is 51.0 Å². The van der Waals surface area contributed by atoms with Gasteiger partial charge in [-0.05, 0) is 0 Å². The molecule has 0 rings (SSSR count). The zero-order valence-corrected chi connectivity index (χ0v) is 3.14. The summed E-state index contributed by atoms with van der Waals surface area (Å²) in [5.41, 5.74) is 0. The van der Waals surface area contributed by atoms with Crippen LogP contribution in [-0.4, -0.2) is 0 Å². The fourth-order valence-electron chi connectivity index (χ4n) is 0. The van der Waals surface area contributed by atoms with Gasteiger partial charge in [0.2, 0.25) is 0 Å². The largest absolute Gasteiger partial charge is 0.269 e. The molecule has 0 atom stereocenters. The maximum Gasteiger partial charge on any atom is 0 e. The Labute approximate surface area is 50.9 Å². The van der Waals surface area contributed by atoms with Crippen LogP contribution in [-0.2, 0) is 0 Å². The zero-order valence-electron chi connectivity index (χ0n) is 1.48. The Morgan fingerprint density at radius 2 is 0.500 bits per heavy atom. The van der Waals surface area contributed by atoms with Crippen molar-refractivity contribution >= 4 is 0 Å². The molecule has 0 saturated heterocycles.